The Bertz CT molecular complexity index is 1280. The molecule has 0 unspecified atom stereocenters. The first kappa shape index (κ1) is 19.5. The number of aryl methyl sites for hydroxylation is 1. The molecule has 158 valence electrons. The SMILES string of the molecule is Cn1c(C(=O)NC2(c3cccc(C(C)(C)O)c3)CC2)cc2ccc(-c3cn[nH]c3)nc21. The number of fused-ring (bicyclic) bond motifs is 1. The van der Waals surface area contributed by atoms with Gasteiger partial charge in [0.05, 0.1) is 23.0 Å². The number of nitrogens with zero attached hydrogens (tertiary/aromatic N) is 3. The zero-order valence-electron chi connectivity index (χ0n) is 17.8. The van der Waals surface area contributed by atoms with Crippen molar-refractivity contribution >= 4 is 16.9 Å². The second-order valence-electron chi connectivity index (χ2n) is 8.86. The van der Waals surface area contributed by atoms with Crippen molar-refractivity contribution in [2.24, 2.45) is 7.05 Å². The number of hydrogen-bond donors (Lipinski definition) is 3. The summed E-state index contributed by atoms with van der Waals surface area (Å²) in [6.45, 7) is 3.54. The summed E-state index contributed by atoms with van der Waals surface area (Å²) in [6.07, 6.45) is 5.27. The van der Waals surface area contributed by atoms with Gasteiger partial charge in [0.1, 0.15) is 11.3 Å². The highest BCUT2D eigenvalue weighted by Crippen LogP contribution is 2.46. The van der Waals surface area contributed by atoms with E-state index < -0.39 is 5.60 Å². The second-order valence-corrected chi connectivity index (χ2v) is 8.86. The molecule has 0 saturated heterocycles. The van der Waals surface area contributed by atoms with Crippen LogP contribution in [-0.2, 0) is 18.2 Å². The monoisotopic (exact) mass is 415 g/mol. The Balaban J connectivity index is 1.45. The molecule has 0 radical (unpaired) electrons. The number of H-pyrrole nitrogens is 1. The molecule has 3 heterocycles. The molecule has 1 aliphatic carbocycles. The van der Waals surface area contributed by atoms with Gasteiger partial charge in [-0.1, -0.05) is 24.3 Å². The maximum atomic E-state index is 13.2. The molecular formula is C24H25N5O2. The maximum absolute atomic E-state index is 13.2. The van der Waals surface area contributed by atoms with E-state index in [1.54, 1.807) is 26.2 Å². The number of nitrogens with one attached hydrogen (secondary N) is 2. The van der Waals surface area contributed by atoms with Gasteiger partial charge in [0, 0.05) is 24.2 Å². The van der Waals surface area contributed by atoms with Crippen molar-refractivity contribution in [2.45, 2.75) is 37.8 Å². The predicted octanol–water partition coefficient (Wildman–Crippen LogP) is 3.61. The van der Waals surface area contributed by atoms with E-state index >= 15 is 0 Å². The van der Waals surface area contributed by atoms with Gasteiger partial charge in [0.2, 0.25) is 0 Å². The summed E-state index contributed by atoms with van der Waals surface area (Å²) in [7, 11) is 1.86. The number of carbonyl (C=O) groups is 1. The maximum Gasteiger partial charge on any atom is 0.268 e. The molecule has 1 aromatic carbocycles. The van der Waals surface area contributed by atoms with Crippen LogP contribution in [0, 0.1) is 0 Å². The van der Waals surface area contributed by atoms with Crippen LogP contribution < -0.4 is 5.32 Å². The van der Waals surface area contributed by atoms with Crippen molar-refractivity contribution in [2.75, 3.05) is 0 Å². The lowest BCUT2D eigenvalue weighted by molar-refractivity contribution is 0.0784. The highest BCUT2D eigenvalue weighted by molar-refractivity contribution is 5.98. The third-order valence-corrected chi connectivity index (χ3v) is 6.13. The van der Waals surface area contributed by atoms with Crippen LogP contribution in [0.4, 0.5) is 0 Å². The Morgan fingerprint density at radius 3 is 2.71 bits per heavy atom. The third kappa shape index (κ3) is 3.41. The van der Waals surface area contributed by atoms with Gasteiger partial charge in [-0.25, -0.2) is 4.98 Å². The minimum absolute atomic E-state index is 0.128. The zero-order chi connectivity index (χ0) is 21.8. The normalized spacial score (nSPS) is 15.2. The van der Waals surface area contributed by atoms with E-state index in [9.17, 15) is 9.90 Å². The van der Waals surface area contributed by atoms with Crippen LogP contribution in [0.15, 0.2) is 54.9 Å². The largest absolute Gasteiger partial charge is 0.386 e. The predicted molar refractivity (Wildman–Crippen MR) is 118 cm³/mol. The van der Waals surface area contributed by atoms with Gasteiger partial charge in [-0.05, 0) is 56.0 Å². The zero-order valence-corrected chi connectivity index (χ0v) is 17.8. The second kappa shape index (κ2) is 6.78. The van der Waals surface area contributed by atoms with Crippen LogP contribution in [-0.4, -0.2) is 30.8 Å². The summed E-state index contributed by atoms with van der Waals surface area (Å²) < 4.78 is 1.83. The topological polar surface area (TPSA) is 95.8 Å². The van der Waals surface area contributed by atoms with E-state index in [0.717, 1.165) is 46.3 Å². The number of rotatable bonds is 5. The van der Waals surface area contributed by atoms with Crippen molar-refractivity contribution in [3.05, 3.63) is 71.7 Å². The summed E-state index contributed by atoms with van der Waals surface area (Å²) in [5, 5.41) is 21.3. The van der Waals surface area contributed by atoms with Crippen LogP contribution in [0.5, 0.6) is 0 Å². The van der Waals surface area contributed by atoms with Crippen molar-refractivity contribution in [3.8, 4) is 11.3 Å². The van der Waals surface area contributed by atoms with Crippen molar-refractivity contribution in [1.29, 1.82) is 0 Å². The molecule has 31 heavy (non-hydrogen) atoms. The molecule has 1 amide bonds. The van der Waals surface area contributed by atoms with Gasteiger partial charge >= 0.3 is 0 Å². The molecule has 7 nitrogen and oxygen atoms in total. The van der Waals surface area contributed by atoms with Crippen molar-refractivity contribution in [1.82, 2.24) is 25.1 Å². The number of benzene rings is 1. The quantitative estimate of drug-likeness (QED) is 0.464. The Labute approximate surface area is 180 Å². The van der Waals surface area contributed by atoms with Crippen molar-refractivity contribution in [3.63, 3.8) is 0 Å². The van der Waals surface area contributed by atoms with Gasteiger partial charge in [-0.2, -0.15) is 5.10 Å². The number of aliphatic hydroxyl groups is 1. The first-order valence-corrected chi connectivity index (χ1v) is 10.4. The molecule has 0 aliphatic heterocycles. The summed E-state index contributed by atoms with van der Waals surface area (Å²) >= 11 is 0. The third-order valence-electron chi connectivity index (χ3n) is 6.13. The molecular weight excluding hydrogens is 390 g/mol. The molecule has 1 fully saturated rings. The fourth-order valence-corrected chi connectivity index (χ4v) is 4.06. The number of pyridine rings is 1. The summed E-state index contributed by atoms with van der Waals surface area (Å²) in [5.74, 6) is -0.128. The van der Waals surface area contributed by atoms with E-state index in [1.807, 2.05) is 54.1 Å². The first-order chi connectivity index (χ1) is 14.8. The fourth-order valence-electron chi connectivity index (χ4n) is 4.06. The average molecular weight is 415 g/mol. The van der Waals surface area contributed by atoms with Crippen LogP contribution in [0.2, 0.25) is 0 Å². The number of hydrogen-bond acceptors (Lipinski definition) is 4. The Morgan fingerprint density at radius 2 is 2.03 bits per heavy atom. The molecule has 1 aliphatic rings. The van der Waals surface area contributed by atoms with E-state index in [2.05, 4.69) is 15.5 Å². The Morgan fingerprint density at radius 1 is 1.23 bits per heavy atom. The molecule has 4 aromatic rings. The number of amides is 1. The molecule has 7 heteroatoms. The average Bonchev–Trinajstić information content (AvgIpc) is 3.18. The summed E-state index contributed by atoms with van der Waals surface area (Å²) in [6, 6.07) is 13.6. The van der Waals surface area contributed by atoms with Gasteiger partial charge < -0.3 is 15.0 Å². The van der Waals surface area contributed by atoms with E-state index in [0.29, 0.717) is 5.69 Å². The Hall–Kier alpha value is -3.45. The highest BCUT2D eigenvalue weighted by Gasteiger charge is 2.46. The first-order valence-electron chi connectivity index (χ1n) is 10.4. The van der Waals surface area contributed by atoms with E-state index in [-0.39, 0.29) is 11.4 Å². The van der Waals surface area contributed by atoms with Gasteiger partial charge in [-0.15, -0.1) is 0 Å². The van der Waals surface area contributed by atoms with Crippen LogP contribution in [0.1, 0.15) is 48.3 Å². The number of carbonyl (C=O) groups excluding carboxylic acids is 1. The lowest BCUT2D eigenvalue weighted by atomic mass is 9.93. The van der Waals surface area contributed by atoms with Crippen LogP contribution in [0.25, 0.3) is 22.3 Å². The van der Waals surface area contributed by atoms with E-state index in [1.165, 1.54) is 0 Å². The molecule has 5 rings (SSSR count). The molecule has 3 aromatic heterocycles. The molecule has 0 spiro atoms. The standard InChI is InChI=1S/C24H25N5O2/c1-23(2,31)17-5-4-6-18(12-17)24(9-10-24)28-22(30)20-11-15-7-8-19(16-13-25-26-14-16)27-21(15)29(20)3/h4-8,11-14,31H,9-10H2,1-3H3,(H,25,26)(H,28,30). The minimum atomic E-state index is -0.926. The van der Waals surface area contributed by atoms with Crippen LogP contribution >= 0.6 is 0 Å². The molecule has 3 N–H and O–H groups in total. The van der Waals surface area contributed by atoms with E-state index in [4.69, 9.17) is 4.98 Å². The number of aromatic nitrogens is 4. The van der Waals surface area contributed by atoms with Gasteiger partial charge in [0.15, 0.2) is 0 Å². The highest BCUT2D eigenvalue weighted by atomic mass is 16.3. The smallest absolute Gasteiger partial charge is 0.268 e. The molecule has 0 atom stereocenters. The van der Waals surface area contributed by atoms with Crippen molar-refractivity contribution < 1.29 is 9.90 Å². The molecule has 0 bridgehead atoms. The van der Waals surface area contributed by atoms with Gasteiger partial charge in [-0.3, -0.25) is 9.89 Å². The molecule has 1 saturated carbocycles. The number of aromatic amines is 1. The summed E-state index contributed by atoms with van der Waals surface area (Å²) in [5.41, 5.74) is 3.57. The lowest BCUT2D eigenvalue weighted by Crippen LogP contribution is -2.36. The van der Waals surface area contributed by atoms with Gasteiger partial charge in [0.25, 0.3) is 5.91 Å². The fraction of sp³-hybridized carbons (Fsp3) is 0.292. The lowest BCUT2D eigenvalue weighted by Gasteiger charge is -2.23. The van der Waals surface area contributed by atoms with Crippen LogP contribution in [0.3, 0.4) is 0 Å². The Kier molecular flexibility index (Phi) is 4.27. The summed E-state index contributed by atoms with van der Waals surface area (Å²) in [4.78, 5) is 18.0. The minimum Gasteiger partial charge on any atom is -0.386 e.